The smallest absolute Gasteiger partial charge is 0.154 e. The summed E-state index contributed by atoms with van der Waals surface area (Å²) in [6.45, 7) is 3.69. The molecule has 2 aliphatic rings. The quantitative estimate of drug-likeness (QED) is 0.769. The van der Waals surface area contributed by atoms with Gasteiger partial charge in [0.15, 0.2) is 9.84 Å². The number of rotatable bonds is 5. The van der Waals surface area contributed by atoms with Gasteiger partial charge in [0.05, 0.1) is 4.75 Å². The topological polar surface area (TPSA) is 46.2 Å². The van der Waals surface area contributed by atoms with Crippen molar-refractivity contribution < 1.29 is 8.42 Å². The van der Waals surface area contributed by atoms with E-state index < -0.39 is 14.6 Å². The normalized spacial score (nSPS) is 26.0. The van der Waals surface area contributed by atoms with Gasteiger partial charge >= 0.3 is 0 Å². The maximum Gasteiger partial charge on any atom is 0.154 e. The summed E-state index contributed by atoms with van der Waals surface area (Å²) in [6.07, 6.45) is 9.36. The summed E-state index contributed by atoms with van der Waals surface area (Å²) in [5.74, 6) is 0. The molecule has 0 bridgehead atoms. The molecule has 2 fully saturated rings. The predicted octanol–water partition coefficient (Wildman–Crippen LogP) is 2.12. The van der Waals surface area contributed by atoms with Gasteiger partial charge in [0.1, 0.15) is 0 Å². The third-order valence-electron chi connectivity index (χ3n) is 4.72. The van der Waals surface area contributed by atoms with Crippen LogP contribution < -0.4 is 5.32 Å². The van der Waals surface area contributed by atoms with E-state index in [4.69, 9.17) is 0 Å². The van der Waals surface area contributed by atoms with Crippen LogP contribution in [0, 0.1) is 5.41 Å². The van der Waals surface area contributed by atoms with E-state index in [1.165, 1.54) is 31.9 Å². The average molecular weight is 259 g/mol. The molecule has 0 atom stereocenters. The molecule has 100 valence electrons. The van der Waals surface area contributed by atoms with Crippen molar-refractivity contribution in [3.8, 4) is 0 Å². The first-order valence-electron chi connectivity index (χ1n) is 6.83. The van der Waals surface area contributed by atoms with Gasteiger partial charge in [0.2, 0.25) is 0 Å². The molecule has 1 spiro atoms. The van der Waals surface area contributed by atoms with Crippen LogP contribution in [0.4, 0.5) is 0 Å². The van der Waals surface area contributed by atoms with Gasteiger partial charge in [-0.1, -0.05) is 19.8 Å². The molecule has 2 aliphatic carbocycles. The van der Waals surface area contributed by atoms with Gasteiger partial charge in [-0.3, -0.25) is 0 Å². The second-order valence-electron chi connectivity index (χ2n) is 6.19. The van der Waals surface area contributed by atoms with Gasteiger partial charge < -0.3 is 5.32 Å². The Bertz CT molecular complexity index is 361. The van der Waals surface area contributed by atoms with Gasteiger partial charge in [-0.2, -0.15) is 0 Å². The SMILES string of the molecule is CCCNCC1(S(C)(=O)=O)CC2(CCCC2)C1. The Labute approximate surface area is 105 Å². The van der Waals surface area contributed by atoms with Crippen LogP contribution in [-0.4, -0.2) is 32.5 Å². The van der Waals surface area contributed by atoms with Crippen LogP contribution >= 0.6 is 0 Å². The summed E-state index contributed by atoms with van der Waals surface area (Å²) in [5, 5.41) is 3.31. The fourth-order valence-electron chi connectivity index (χ4n) is 3.80. The second kappa shape index (κ2) is 4.54. The summed E-state index contributed by atoms with van der Waals surface area (Å²) in [5.41, 5.74) is 0.386. The van der Waals surface area contributed by atoms with Crippen molar-refractivity contribution in [1.29, 1.82) is 0 Å². The molecule has 0 aliphatic heterocycles. The zero-order valence-corrected chi connectivity index (χ0v) is 11.9. The lowest BCUT2D eigenvalue weighted by Gasteiger charge is -2.54. The van der Waals surface area contributed by atoms with Crippen LogP contribution in [0.1, 0.15) is 51.9 Å². The van der Waals surface area contributed by atoms with Gasteiger partial charge in [0.25, 0.3) is 0 Å². The summed E-state index contributed by atoms with van der Waals surface area (Å²) in [7, 11) is -2.93. The molecule has 0 saturated heterocycles. The Morgan fingerprint density at radius 1 is 1.18 bits per heavy atom. The molecule has 2 saturated carbocycles. The minimum atomic E-state index is -2.93. The van der Waals surface area contributed by atoms with E-state index in [0.717, 1.165) is 25.8 Å². The molecule has 17 heavy (non-hydrogen) atoms. The van der Waals surface area contributed by atoms with Crippen LogP contribution in [0.25, 0.3) is 0 Å². The highest BCUT2D eigenvalue weighted by Gasteiger charge is 2.59. The Balaban J connectivity index is 2.02. The highest BCUT2D eigenvalue weighted by molar-refractivity contribution is 7.92. The number of hydrogen-bond donors (Lipinski definition) is 1. The zero-order chi connectivity index (χ0) is 12.6. The fraction of sp³-hybridized carbons (Fsp3) is 1.00. The Morgan fingerprint density at radius 2 is 1.76 bits per heavy atom. The summed E-state index contributed by atoms with van der Waals surface area (Å²) < 4.78 is 23.6. The molecule has 0 unspecified atom stereocenters. The minimum Gasteiger partial charge on any atom is -0.315 e. The summed E-state index contributed by atoms with van der Waals surface area (Å²) in [6, 6.07) is 0. The summed E-state index contributed by atoms with van der Waals surface area (Å²) >= 11 is 0. The fourth-order valence-corrected chi connectivity index (χ4v) is 5.31. The molecule has 0 aromatic carbocycles. The highest BCUT2D eigenvalue weighted by Crippen LogP contribution is 2.60. The monoisotopic (exact) mass is 259 g/mol. The van der Waals surface area contributed by atoms with Gasteiger partial charge in [-0.15, -0.1) is 0 Å². The minimum absolute atomic E-state index is 0.386. The van der Waals surface area contributed by atoms with Crippen molar-refractivity contribution >= 4 is 9.84 Å². The van der Waals surface area contributed by atoms with E-state index in [1.807, 2.05) is 0 Å². The maximum atomic E-state index is 12.0. The van der Waals surface area contributed by atoms with Crippen LogP contribution in [0.2, 0.25) is 0 Å². The van der Waals surface area contributed by atoms with E-state index in [9.17, 15) is 8.42 Å². The van der Waals surface area contributed by atoms with Crippen LogP contribution in [0.5, 0.6) is 0 Å². The lowest BCUT2D eigenvalue weighted by atomic mass is 9.60. The van der Waals surface area contributed by atoms with E-state index >= 15 is 0 Å². The van der Waals surface area contributed by atoms with Crippen LogP contribution in [0.3, 0.4) is 0 Å². The largest absolute Gasteiger partial charge is 0.315 e. The van der Waals surface area contributed by atoms with E-state index in [1.54, 1.807) is 0 Å². The average Bonchev–Trinajstić information content (AvgIpc) is 2.63. The zero-order valence-electron chi connectivity index (χ0n) is 11.1. The van der Waals surface area contributed by atoms with Crippen molar-refractivity contribution in [3.05, 3.63) is 0 Å². The first-order valence-corrected chi connectivity index (χ1v) is 8.73. The summed E-state index contributed by atoms with van der Waals surface area (Å²) in [4.78, 5) is 0. The highest BCUT2D eigenvalue weighted by atomic mass is 32.2. The molecule has 0 heterocycles. The van der Waals surface area contributed by atoms with Crippen molar-refractivity contribution in [2.75, 3.05) is 19.3 Å². The lowest BCUT2D eigenvalue weighted by molar-refractivity contribution is 0.0817. The predicted molar refractivity (Wildman–Crippen MR) is 70.9 cm³/mol. The molecule has 0 radical (unpaired) electrons. The van der Waals surface area contributed by atoms with Crippen molar-refractivity contribution in [2.45, 2.75) is 56.6 Å². The van der Waals surface area contributed by atoms with E-state index in [0.29, 0.717) is 12.0 Å². The van der Waals surface area contributed by atoms with E-state index in [-0.39, 0.29) is 0 Å². The lowest BCUT2D eigenvalue weighted by Crippen LogP contribution is -2.60. The molecule has 3 nitrogen and oxygen atoms in total. The van der Waals surface area contributed by atoms with Crippen molar-refractivity contribution in [2.24, 2.45) is 5.41 Å². The molecule has 0 amide bonds. The van der Waals surface area contributed by atoms with Crippen LogP contribution in [0.15, 0.2) is 0 Å². The van der Waals surface area contributed by atoms with Crippen molar-refractivity contribution in [1.82, 2.24) is 5.32 Å². The number of nitrogens with one attached hydrogen (secondary N) is 1. The molecule has 2 rings (SSSR count). The van der Waals surface area contributed by atoms with Gasteiger partial charge in [-0.05, 0) is 44.1 Å². The van der Waals surface area contributed by atoms with Crippen molar-refractivity contribution in [3.63, 3.8) is 0 Å². The molecule has 1 N–H and O–H groups in total. The molecular weight excluding hydrogens is 234 g/mol. The second-order valence-corrected chi connectivity index (χ2v) is 8.60. The van der Waals surface area contributed by atoms with Gasteiger partial charge in [0, 0.05) is 12.8 Å². The first kappa shape index (κ1) is 13.3. The molecule has 0 aromatic rings. The van der Waals surface area contributed by atoms with Crippen LogP contribution in [-0.2, 0) is 9.84 Å². The Kier molecular flexibility index (Phi) is 3.56. The molecule has 0 aromatic heterocycles. The molecular formula is C13H25NO2S. The van der Waals surface area contributed by atoms with E-state index in [2.05, 4.69) is 12.2 Å². The standard InChI is InChI=1S/C13H25NO2S/c1-3-8-14-11-13(17(2,15)16)9-12(10-13)6-4-5-7-12/h14H,3-11H2,1-2H3. The number of hydrogen-bond acceptors (Lipinski definition) is 3. The molecule has 4 heteroatoms. The Morgan fingerprint density at radius 3 is 2.24 bits per heavy atom. The third-order valence-corrected chi connectivity index (χ3v) is 6.73. The maximum absolute atomic E-state index is 12.0. The van der Waals surface area contributed by atoms with Gasteiger partial charge in [-0.25, -0.2) is 8.42 Å². The third kappa shape index (κ3) is 2.39. The number of sulfone groups is 1. The Hall–Kier alpha value is -0.0900. The first-order chi connectivity index (χ1) is 7.93.